The number of benzene rings is 1. The van der Waals surface area contributed by atoms with Gasteiger partial charge in [0.15, 0.2) is 0 Å². The number of ether oxygens (including phenoxy) is 1. The Bertz CT molecular complexity index is 611. The molecule has 1 aliphatic rings. The van der Waals surface area contributed by atoms with E-state index in [2.05, 4.69) is 36.2 Å². The van der Waals surface area contributed by atoms with Crippen LogP contribution in [0.25, 0.3) is 10.9 Å². The summed E-state index contributed by atoms with van der Waals surface area (Å²) in [7, 11) is 0. The molecule has 0 radical (unpaired) electrons. The predicted octanol–water partition coefficient (Wildman–Crippen LogP) is 3.36. The van der Waals surface area contributed by atoms with Crippen molar-refractivity contribution in [1.82, 2.24) is 4.98 Å². The third-order valence-corrected chi connectivity index (χ3v) is 4.36. The Morgan fingerprint density at radius 1 is 1.35 bits per heavy atom. The van der Waals surface area contributed by atoms with Crippen LogP contribution in [0.4, 0.5) is 0 Å². The molecule has 0 bridgehead atoms. The van der Waals surface area contributed by atoms with Gasteiger partial charge in [0.25, 0.3) is 0 Å². The lowest BCUT2D eigenvalue weighted by atomic mass is 9.87. The molecule has 0 saturated carbocycles. The number of nitrogens with zero attached hydrogens (tertiary/aromatic N) is 1. The van der Waals surface area contributed by atoms with Gasteiger partial charge in [-0.25, -0.2) is 0 Å². The molecule has 1 aliphatic heterocycles. The van der Waals surface area contributed by atoms with Crippen molar-refractivity contribution in [2.24, 2.45) is 11.7 Å². The van der Waals surface area contributed by atoms with E-state index in [-0.39, 0.29) is 6.04 Å². The Hall–Kier alpha value is -1.45. The van der Waals surface area contributed by atoms with E-state index in [0.29, 0.717) is 12.0 Å². The molecule has 106 valence electrons. The highest BCUT2D eigenvalue weighted by atomic mass is 16.5. The maximum absolute atomic E-state index is 6.49. The van der Waals surface area contributed by atoms with Gasteiger partial charge in [0.05, 0.1) is 11.6 Å². The first-order valence-corrected chi connectivity index (χ1v) is 7.43. The fourth-order valence-corrected chi connectivity index (χ4v) is 3.20. The van der Waals surface area contributed by atoms with Crippen LogP contribution < -0.4 is 5.73 Å². The minimum atomic E-state index is 0.0492. The van der Waals surface area contributed by atoms with Gasteiger partial charge < -0.3 is 10.5 Å². The van der Waals surface area contributed by atoms with Crippen molar-refractivity contribution < 1.29 is 4.74 Å². The zero-order chi connectivity index (χ0) is 14.1. The predicted molar refractivity (Wildman–Crippen MR) is 81.5 cm³/mol. The zero-order valence-electron chi connectivity index (χ0n) is 12.2. The zero-order valence-corrected chi connectivity index (χ0v) is 12.2. The fraction of sp³-hybridized carbons (Fsp3) is 0.471. The van der Waals surface area contributed by atoms with Crippen LogP contribution in [0.15, 0.2) is 30.3 Å². The first-order chi connectivity index (χ1) is 9.69. The van der Waals surface area contributed by atoms with Crippen LogP contribution in [0.5, 0.6) is 0 Å². The first kappa shape index (κ1) is 13.5. The van der Waals surface area contributed by atoms with Crippen molar-refractivity contribution in [3.63, 3.8) is 0 Å². The molecule has 2 N–H and O–H groups in total. The Morgan fingerprint density at radius 2 is 2.20 bits per heavy atom. The summed E-state index contributed by atoms with van der Waals surface area (Å²) in [6, 6.07) is 10.6. The van der Waals surface area contributed by atoms with Gasteiger partial charge >= 0.3 is 0 Å². The van der Waals surface area contributed by atoms with E-state index in [1.807, 2.05) is 13.0 Å². The van der Waals surface area contributed by atoms with Gasteiger partial charge in [-0.2, -0.15) is 0 Å². The highest BCUT2D eigenvalue weighted by Gasteiger charge is 2.32. The Morgan fingerprint density at radius 3 is 3.00 bits per heavy atom. The molecule has 1 fully saturated rings. The number of hydrogen-bond donors (Lipinski definition) is 1. The van der Waals surface area contributed by atoms with E-state index in [1.54, 1.807) is 0 Å². The molecule has 20 heavy (non-hydrogen) atoms. The van der Waals surface area contributed by atoms with E-state index in [4.69, 9.17) is 10.5 Å². The average Bonchev–Trinajstić information content (AvgIpc) is 2.94. The van der Waals surface area contributed by atoms with Gasteiger partial charge in [0.2, 0.25) is 0 Å². The number of nitrogens with two attached hydrogens (primary N) is 1. The van der Waals surface area contributed by atoms with Gasteiger partial charge in [0, 0.05) is 29.6 Å². The molecule has 0 aliphatic carbocycles. The molecule has 0 spiro atoms. The summed E-state index contributed by atoms with van der Waals surface area (Å²) in [5.74, 6) is 0.427. The van der Waals surface area contributed by atoms with Gasteiger partial charge in [-0.05, 0) is 43.5 Å². The molecular formula is C17H22N2O. The van der Waals surface area contributed by atoms with Crippen LogP contribution >= 0.6 is 0 Å². The molecule has 1 aromatic heterocycles. The first-order valence-electron chi connectivity index (χ1n) is 7.43. The number of aromatic nitrogens is 1. The monoisotopic (exact) mass is 270 g/mol. The maximum atomic E-state index is 6.49. The van der Waals surface area contributed by atoms with E-state index in [9.17, 15) is 0 Å². The Labute approximate surface area is 120 Å². The number of hydrogen-bond acceptors (Lipinski definition) is 3. The molecule has 3 nitrogen and oxygen atoms in total. The second-order valence-corrected chi connectivity index (χ2v) is 5.70. The molecule has 3 heteroatoms. The van der Waals surface area contributed by atoms with Crippen LogP contribution in [0.3, 0.4) is 0 Å². The summed E-state index contributed by atoms with van der Waals surface area (Å²) in [6.07, 6.45) is 2.40. The molecular weight excluding hydrogens is 248 g/mol. The second-order valence-electron chi connectivity index (χ2n) is 5.70. The third-order valence-electron chi connectivity index (χ3n) is 4.36. The van der Waals surface area contributed by atoms with Crippen LogP contribution in [-0.2, 0) is 4.74 Å². The number of pyridine rings is 1. The molecule has 3 rings (SSSR count). The summed E-state index contributed by atoms with van der Waals surface area (Å²) in [5.41, 5.74) is 9.76. The largest absolute Gasteiger partial charge is 0.378 e. The van der Waals surface area contributed by atoms with Crippen LogP contribution in [0.2, 0.25) is 0 Å². The molecule has 3 unspecified atom stereocenters. The molecule has 1 saturated heterocycles. The van der Waals surface area contributed by atoms with Gasteiger partial charge in [-0.15, -0.1) is 0 Å². The van der Waals surface area contributed by atoms with Gasteiger partial charge in [-0.3, -0.25) is 4.98 Å². The summed E-state index contributed by atoms with van der Waals surface area (Å²) in [4.78, 5) is 4.54. The highest BCUT2D eigenvalue weighted by Crippen LogP contribution is 2.34. The molecule has 0 amide bonds. The standard InChI is InChI=1S/C17H22N2O/c1-3-16-14(8-9-20-16)17(18)13-6-7-15-12(10-13)5-4-11(2)19-15/h4-7,10,14,16-17H,3,8-9,18H2,1-2H3. The lowest BCUT2D eigenvalue weighted by Crippen LogP contribution is -2.27. The van der Waals surface area contributed by atoms with Crippen molar-refractivity contribution in [3.05, 3.63) is 41.6 Å². The van der Waals surface area contributed by atoms with Crippen molar-refractivity contribution in [2.45, 2.75) is 38.8 Å². The summed E-state index contributed by atoms with van der Waals surface area (Å²) >= 11 is 0. The van der Waals surface area contributed by atoms with Gasteiger partial charge in [-0.1, -0.05) is 19.1 Å². The second kappa shape index (κ2) is 5.51. The van der Waals surface area contributed by atoms with Gasteiger partial charge in [0.1, 0.15) is 0 Å². The summed E-state index contributed by atoms with van der Waals surface area (Å²) in [6.45, 7) is 5.02. The number of fused-ring (bicyclic) bond motifs is 1. The number of rotatable bonds is 3. The van der Waals surface area contributed by atoms with Crippen LogP contribution in [0, 0.1) is 12.8 Å². The van der Waals surface area contributed by atoms with Crippen molar-refractivity contribution >= 4 is 10.9 Å². The van der Waals surface area contributed by atoms with E-state index in [0.717, 1.165) is 36.0 Å². The van der Waals surface area contributed by atoms with Crippen molar-refractivity contribution in [1.29, 1.82) is 0 Å². The molecule has 3 atom stereocenters. The topological polar surface area (TPSA) is 48.1 Å². The Kier molecular flexibility index (Phi) is 3.72. The quantitative estimate of drug-likeness (QED) is 0.930. The minimum Gasteiger partial charge on any atom is -0.378 e. The van der Waals surface area contributed by atoms with Crippen LogP contribution in [-0.4, -0.2) is 17.7 Å². The van der Waals surface area contributed by atoms with Crippen molar-refractivity contribution in [3.8, 4) is 0 Å². The molecule has 2 heterocycles. The smallest absolute Gasteiger partial charge is 0.0705 e. The maximum Gasteiger partial charge on any atom is 0.0705 e. The molecule has 2 aromatic rings. The Balaban J connectivity index is 1.91. The average molecular weight is 270 g/mol. The number of aryl methyl sites for hydroxylation is 1. The van der Waals surface area contributed by atoms with E-state index < -0.39 is 0 Å². The lowest BCUT2D eigenvalue weighted by molar-refractivity contribution is 0.0813. The summed E-state index contributed by atoms with van der Waals surface area (Å²) in [5, 5.41) is 1.16. The normalized spacial score (nSPS) is 24.1. The third kappa shape index (κ3) is 2.43. The SMILES string of the molecule is CCC1OCCC1C(N)c1ccc2nc(C)ccc2c1. The molecule has 1 aromatic carbocycles. The summed E-state index contributed by atoms with van der Waals surface area (Å²) < 4.78 is 5.77. The van der Waals surface area contributed by atoms with E-state index in [1.165, 1.54) is 5.56 Å². The minimum absolute atomic E-state index is 0.0492. The fourth-order valence-electron chi connectivity index (χ4n) is 3.20. The highest BCUT2D eigenvalue weighted by molar-refractivity contribution is 5.79. The van der Waals surface area contributed by atoms with E-state index >= 15 is 0 Å². The lowest BCUT2D eigenvalue weighted by Gasteiger charge is -2.24. The van der Waals surface area contributed by atoms with Crippen molar-refractivity contribution in [2.75, 3.05) is 6.61 Å². The van der Waals surface area contributed by atoms with Crippen LogP contribution in [0.1, 0.15) is 37.1 Å².